The van der Waals surface area contributed by atoms with Crippen LogP contribution in [-0.2, 0) is 10.2 Å². The van der Waals surface area contributed by atoms with E-state index in [1.54, 1.807) is 0 Å². The highest BCUT2D eigenvalue weighted by molar-refractivity contribution is 7.87. The predicted octanol–water partition coefficient (Wildman–Crippen LogP) is -0.457. The highest BCUT2D eigenvalue weighted by Crippen LogP contribution is 2.21. The Hall–Kier alpha value is -0.170. The first-order valence-corrected chi connectivity index (χ1v) is 6.10. The van der Waals surface area contributed by atoms with Gasteiger partial charge in [-0.05, 0) is 5.41 Å². The molecule has 14 heavy (non-hydrogen) atoms. The van der Waals surface area contributed by atoms with Gasteiger partial charge in [0.25, 0.3) is 10.2 Å². The van der Waals surface area contributed by atoms with Gasteiger partial charge in [-0.15, -0.1) is 0 Å². The first kappa shape index (κ1) is 11.9. The maximum atomic E-state index is 11.3. The van der Waals surface area contributed by atoms with Crippen molar-refractivity contribution in [1.29, 1.82) is 0 Å². The van der Waals surface area contributed by atoms with E-state index in [0.29, 0.717) is 13.1 Å². The summed E-state index contributed by atoms with van der Waals surface area (Å²) >= 11 is 0. The molecule has 5 nitrogen and oxygen atoms in total. The van der Waals surface area contributed by atoms with Crippen LogP contribution in [0.25, 0.3) is 0 Å². The Kier molecular flexibility index (Phi) is 3.20. The lowest BCUT2D eigenvalue weighted by Gasteiger charge is -2.28. The van der Waals surface area contributed by atoms with E-state index in [4.69, 9.17) is 0 Å². The Morgan fingerprint density at radius 1 is 1.50 bits per heavy atom. The second-order valence-corrected chi connectivity index (χ2v) is 6.39. The van der Waals surface area contributed by atoms with Gasteiger partial charge in [0.2, 0.25) is 0 Å². The van der Waals surface area contributed by atoms with Crippen molar-refractivity contribution in [2.45, 2.75) is 26.9 Å². The third-order valence-corrected chi connectivity index (χ3v) is 3.94. The highest BCUT2D eigenvalue weighted by atomic mass is 32.2. The largest absolute Gasteiger partial charge is 0.391 e. The second kappa shape index (κ2) is 3.77. The molecule has 1 rings (SSSR count). The van der Waals surface area contributed by atoms with Crippen LogP contribution in [0.1, 0.15) is 20.8 Å². The molecule has 1 atom stereocenters. The van der Waals surface area contributed by atoms with Crippen molar-refractivity contribution in [2.75, 3.05) is 19.6 Å². The van der Waals surface area contributed by atoms with Gasteiger partial charge in [0.1, 0.15) is 0 Å². The first-order chi connectivity index (χ1) is 6.23. The first-order valence-electron chi connectivity index (χ1n) is 4.66. The molecule has 0 amide bonds. The molecule has 0 radical (unpaired) electrons. The SMILES string of the molecule is CC(C)(C)C(O)CN1CCNS1(=O)=O. The number of nitrogens with zero attached hydrogens (tertiary/aromatic N) is 1. The van der Waals surface area contributed by atoms with Gasteiger partial charge in [0, 0.05) is 19.6 Å². The zero-order valence-corrected chi connectivity index (χ0v) is 9.63. The van der Waals surface area contributed by atoms with Gasteiger partial charge < -0.3 is 5.11 Å². The van der Waals surface area contributed by atoms with Crippen LogP contribution in [0.2, 0.25) is 0 Å². The summed E-state index contributed by atoms with van der Waals surface area (Å²) < 4.78 is 26.3. The Morgan fingerprint density at radius 2 is 2.07 bits per heavy atom. The number of hydrogen-bond donors (Lipinski definition) is 2. The van der Waals surface area contributed by atoms with Crippen molar-refractivity contribution in [3.8, 4) is 0 Å². The smallest absolute Gasteiger partial charge is 0.279 e. The summed E-state index contributed by atoms with van der Waals surface area (Å²) in [5.74, 6) is 0. The summed E-state index contributed by atoms with van der Waals surface area (Å²) in [6.45, 7) is 6.68. The molecular weight excluding hydrogens is 204 g/mol. The van der Waals surface area contributed by atoms with Crippen molar-refractivity contribution >= 4 is 10.2 Å². The van der Waals surface area contributed by atoms with E-state index in [9.17, 15) is 13.5 Å². The fourth-order valence-electron chi connectivity index (χ4n) is 1.17. The molecule has 1 fully saturated rings. The number of aliphatic hydroxyl groups excluding tert-OH is 1. The number of rotatable bonds is 2. The Balaban J connectivity index is 2.62. The molecule has 1 aliphatic rings. The lowest BCUT2D eigenvalue weighted by molar-refractivity contribution is 0.0486. The number of nitrogens with one attached hydrogen (secondary N) is 1. The maximum Gasteiger partial charge on any atom is 0.279 e. The molecule has 1 unspecified atom stereocenters. The van der Waals surface area contributed by atoms with Crippen molar-refractivity contribution in [3.63, 3.8) is 0 Å². The summed E-state index contributed by atoms with van der Waals surface area (Å²) in [5, 5.41) is 9.74. The molecule has 1 aliphatic heterocycles. The molecule has 1 saturated heterocycles. The molecule has 2 N–H and O–H groups in total. The summed E-state index contributed by atoms with van der Waals surface area (Å²) in [7, 11) is -3.32. The second-order valence-electron chi connectivity index (χ2n) is 4.64. The quantitative estimate of drug-likeness (QED) is 0.664. The minimum Gasteiger partial charge on any atom is -0.391 e. The van der Waals surface area contributed by atoms with Gasteiger partial charge >= 0.3 is 0 Å². The van der Waals surface area contributed by atoms with E-state index in [-0.39, 0.29) is 12.0 Å². The number of β-amino-alcohol motifs (C(OH)–C–C–N with tert-alkyl or cyclic N) is 1. The molecule has 0 spiro atoms. The van der Waals surface area contributed by atoms with Crippen molar-refractivity contribution in [3.05, 3.63) is 0 Å². The average molecular weight is 222 g/mol. The van der Waals surface area contributed by atoms with Crippen LogP contribution in [0, 0.1) is 5.41 Å². The molecule has 0 aromatic heterocycles. The van der Waals surface area contributed by atoms with Gasteiger partial charge in [-0.25, -0.2) is 4.72 Å². The highest BCUT2D eigenvalue weighted by Gasteiger charge is 2.33. The van der Waals surface area contributed by atoms with Crippen LogP contribution >= 0.6 is 0 Å². The lowest BCUT2D eigenvalue weighted by atomic mass is 9.89. The molecule has 6 heteroatoms. The van der Waals surface area contributed by atoms with Crippen molar-refractivity contribution in [2.24, 2.45) is 5.41 Å². The molecule has 0 aromatic rings. The fourth-order valence-corrected chi connectivity index (χ4v) is 2.37. The minimum atomic E-state index is -3.32. The fraction of sp³-hybridized carbons (Fsp3) is 1.00. The summed E-state index contributed by atoms with van der Waals surface area (Å²) in [5.41, 5.74) is -0.294. The van der Waals surface area contributed by atoms with Crippen molar-refractivity contribution in [1.82, 2.24) is 9.03 Å². The minimum absolute atomic E-state index is 0.166. The van der Waals surface area contributed by atoms with Crippen LogP contribution in [0.5, 0.6) is 0 Å². The summed E-state index contributed by atoms with van der Waals surface area (Å²) in [4.78, 5) is 0. The van der Waals surface area contributed by atoms with Crippen LogP contribution in [0.4, 0.5) is 0 Å². The zero-order valence-electron chi connectivity index (χ0n) is 8.82. The van der Waals surface area contributed by atoms with E-state index < -0.39 is 16.3 Å². The van der Waals surface area contributed by atoms with Crippen LogP contribution in [-0.4, -0.2) is 43.6 Å². The molecule has 0 saturated carbocycles. The van der Waals surface area contributed by atoms with Crippen LogP contribution in [0.15, 0.2) is 0 Å². The van der Waals surface area contributed by atoms with E-state index in [1.807, 2.05) is 20.8 Å². The van der Waals surface area contributed by atoms with Gasteiger partial charge in [-0.1, -0.05) is 20.8 Å². The molecule has 1 heterocycles. The van der Waals surface area contributed by atoms with E-state index in [2.05, 4.69) is 4.72 Å². The predicted molar refractivity (Wildman–Crippen MR) is 54.0 cm³/mol. The Bertz CT molecular complexity index is 294. The Labute approximate surface area is 85.3 Å². The van der Waals surface area contributed by atoms with Gasteiger partial charge in [-0.3, -0.25) is 0 Å². The monoisotopic (exact) mass is 222 g/mol. The van der Waals surface area contributed by atoms with Crippen LogP contribution in [0.3, 0.4) is 0 Å². The number of aliphatic hydroxyl groups is 1. The molecule has 0 aliphatic carbocycles. The van der Waals surface area contributed by atoms with Gasteiger partial charge in [-0.2, -0.15) is 12.7 Å². The van der Waals surface area contributed by atoms with E-state index in [0.717, 1.165) is 0 Å². The maximum absolute atomic E-state index is 11.3. The third kappa shape index (κ3) is 2.66. The topological polar surface area (TPSA) is 69.6 Å². The van der Waals surface area contributed by atoms with Crippen LogP contribution < -0.4 is 4.72 Å². The van der Waals surface area contributed by atoms with E-state index in [1.165, 1.54) is 4.31 Å². The zero-order chi connectivity index (χ0) is 11.0. The summed E-state index contributed by atoms with van der Waals surface area (Å²) in [6, 6.07) is 0. The van der Waals surface area contributed by atoms with Gasteiger partial charge in [0.05, 0.1) is 6.10 Å². The summed E-state index contributed by atoms with van der Waals surface area (Å²) in [6.07, 6.45) is -0.642. The molecule has 0 aromatic carbocycles. The molecular formula is C8H18N2O3S. The average Bonchev–Trinajstić information content (AvgIpc) is 2.29. The van der Waals surface area contributed by atoms with Crippen molar-refractivity contribution < 1.29 is 13.5 Å². The lowest BCUT2D eigenvalue weighted by Crippen LogP contribution is -2.41. The molecule has 84 valence electrons. The number of hydrogen-bond acceptors (Lipinski definition) is 3. The van der Waals surface area contributed by atoms with E-state index >= 15 is 0 Å². The normalized spacial score (nSPS) is 25.1. The Morgan fingerprint density at radius 3 is 2.43 bits per heavy atom. The van der Waals surface area contributed by atoms with Gasteiger partial charge in [0.15, 0.2) is 0 Å². The molecule has 0 bridgehead atoms. The third-order valence-electron chi connectivity index (χ3n) is 2.36. The standard InChI is InChI=1S/C8H18N2O3S/c1-8(2,3)7(11)6-10-5-4-9-14(10,12)13/h7,9,11H,4-6H2,1-3H3.